The first kappa shape index (κ1) is 18.4. The topological polar surface area (TPSA) is 141 Å². The fourth-order valence-corrected chi connectivity index (χ4v) is 3.14. The Morgan fingerprint density at radius 2 is 2.08 bits per heavy atom. The van der Waals surface area contributed by atoms with Crippen LogP contribution in [0.4, 0.5) is 5.69 Å². The number of carbonyl (C=O) groups excluding carboxylic acids is 1. The maximum absolute atomic E-state index is 12.3. The number of rotatable bonds is 8. The lowest BCUT2D eigenvalue weighted by Gasteiger charge is -2.10. The number of methoxy groups -OCH3 is 1. The molecule has 0 aliphatic rings. The normalized spacial score (nSPS) is 11.1. The Morgan fingerprint density at radius 3 is 2.68 bits per heavy atom. The summed E-state index contributed by atoms with van der Waals surface area (Å²) in [6.45, 7) is -0.128. The standard InChI is InChI=1S/C14H15N3O7S/c1-23-11-5-4-10(17(19)20)9-13(11)25(21,22)16-7-6-15-14(18)12-3-2-8-24-12/h2-5,8-9,16H,6-7H2,1H3,(H,15,18). The van der Waals surface area contributed by atoms with Crippen molar-refractivity contribution in [3.8, 4) is 5.75 Å². The highest BCUT2D eigenvalue weighted by atomic mass is 32.2. The molecule has 0 atom stereocenters. The fourth-order valence-electron chi connectivity index (χ4n) is 1.92. The number of nitro benzene ring substituents is 1. The molecule has 1 aromatic heterocycles. The summed E-state index contributed by atoms with van der Waals surface area (Å²) in [6.07, 6.45) is 1.34. The van der Waals surface area contributed by atoms with Gasteiger partial charge in [0.15, 0.2) is 5.76 Å². The van der Waals surface area contributed by atoms with Crippen LogP contribution < -0.4 is 14.8 Å². The molecule has 2 rings (SSSR count). The van der Waals surface area contributed by atoms with Gasteiger partial charge >= 0.3 is 0 Å². The van der Waals surface area contributed by atoms with Gasteiger partial charge in [-0.1, -0.05) is 0 Å². The number of ether oxygens (including phenoxy) is 1. The van der Waals surface area contributed by atoms with Crippen molar-refractivity contribution in [1.29, 1.82) is 0 Å². The third-order valence-corrected chi connectivity index (χ3v) is 4.58. The molecule has 0 unspecified atom stereocenters. The number of hydrogen-bond donors (Lipinski definition) is 2. The number of nitrogens with zero attached hydrogens (tertiary/aromatic N) is 1. The third-order valence-electron chi connectivity index (χ3n) is 3.10. The van der Waals surface area contributed by atoms with Crippen molar-refractivity contribution in [2.75, 3.05) is 20.2 Å². The molecule has 10 nitrogen and oxygen atoms in total. The summed E-state index contributed by atoms with van der Waals surface area (Å²) in [5.74, 6) is -0.418. The Morgan fingerprint density at radius 1 is 1.32 bits per heavy atom. The molecule has 2 aromatic rings. The molecule has 1 aromatic carbocycles. The number of amides is 1. The molecule has 11 heteroatoms. The predicted molar refractivity (Wildman–Crippen MR) is 85.9 cm³/mol. The first-order valence-electron chi connectivity index (χ1n) is 6.99. The van der Waals surface area contributed by atoms with E-state index in [1.807, 2.05) is 0 Å². The fraction of sp³-hybridized carbons (Fsp3) is 0.214. The van der Waals surface area contributed by atoms with Crippen LogP contribution in [0.1, 0.15) is 10.6 Å². The summed E-state index contributed by atoms with van der Waals surface area (Å²) in [5.41, 5.74) is -0.382. The van der Waals surface area contributed by atoms with Gasteiger partial charge in [0.25, 0.3) is 11.6 Å². The van der Waals surface area contributed by atoms with Gasteiger partial charge in [-0.15, -0.1) is 0 Å². The molecular formula is C14H15N3O7S. The molecule has 0 saturated carbocycles. The molecule has 0 radical (unpaired) electrons. The van der Waals surface area contributed by atoms with Crippen molar-refractivity contribution in [2.45, 2.75) is 4.90 Å². The molecule has 1 heterocycles. The zero-order valence-electron chi connectivity index (χ0n) is 13.1. The first-order valence-corrected chi connectivity index (χ1v) is 8.47. The van der Waals surface area contributed by atoms with Gasteiger partial charge in [0.2, 0.25) is 10.0 Å². The van der Waals surface area contributed by atoms with E-state index in [4.69, 9.17) is 9.15 Å². The second-order valence-corrected chi connectivity index (χ2v) is 6.46. The van der Waals surface area contributed by atoms with Gasteiger partial charge in [-0.25, -0.2) is 13.1 Å². The average Bonchev–Trinajstić information content (AvgIpc) is 3.12. The second-order valence-electron chi connectivity index (χ2n) is 4.72. The van der Waals surface area contributed by atoms with Crippen LogP contribution in [0.5, 0.6) is 5.75 Å². The van der Waals surface area contributed by atoms with Gasteiger partial charge in [-0.3, -0.25) is 14.9 Å². The van der Waals surface area contributed by atoms with Crippen LogP contribution in [0, 0.1) is 10.1 Å². The van der Waals surface area contributed by atoms with Gasteiger partial charge in [0.05, 0.1) is 18.3 Å². The van der Waals surface area contributed by atoms with Gasteiger partial charge in [-0.2, -0.15) is 0 Å². The summed E-state index contributed by atoms with van der Waals surface area (Å²) in [6, 6.07) is 6.26. The predicted octanol–water partition coefficient (Wildman–Crippen LogP) is 0.905. The van der Waals surface area contributed by atoms with Crippen LogP contribution >= 0.6 is 0 Å². The van der Waals surface area contributed by atoms with Gasteiger partial charge in [-0.05, 0) is 18.2 Å². The van der Waals surface area contributed by atoms with Crippen LogP contribution in [0.25, 0.3) is 0 Å². The minimum absolute atomic E-state index is 0.00396. The van der Waals surface area contributed by atoms with E-state index in [9.17, 15) is 23.3 Å². The molecular weight excluding hydrogens is 354 g/mol. The van der Waals surface area contributed by atoms with Crippen molar-refractivity contribution in [3.05, 3.63) is 52.5 Å². The molecule has 0 spiro atoms. The molecule has 0 aliphatic carbocycles. The average molecular weight is 369 g/mol. The number of benzene rings is 1. The second kappa shape index (κ2) is 7.77. The Kier molecular flexibility index (Phi) is 5.72. The molecule has 2 N–H and O–H groups in total. The molecule has 0 fully saturated rings. The number of hydrogen-bond acceptors (Lipinski definition) is 7. The number of furan rings is 1. The van der Waals surface area contributed by atoms with E-state index in [1.54, 1.807) is 6.07 Å². The minimum Gasteiger partial charge on any atom is -0.495 e. The number of non-ortho nitro benzene ring substituents is 1. The Hall–Kier alpha value is -2.92. The molecule has 0 saturated heterocycles. The van der Waals surface area contributed by atoms with E-state index < -0.39 is 20.9 Å². The SMILES string of the molecule is COc1ccc([N+](=O)[O-])cc1S(=O)(=O)NCCNC(=O)c1ccco1. The third kappa shape index (κ3) is 4.55. The van der Waals surface area contributed by atoms with Crippen LogP contribution in [0.2, 0.25) is 0 Å². The maximum Gasteiger partial charge on any atom is 0.287 e. The van der Waals surface area contributed by atoms with E-state index in [0.717, 1.165) is 12.1 Å². The molecule has 134 valence electrons. The zero-order chi connectivity index (χ0) is 18.4. The molecule has 25 heavy (non-hydrogen) atoms. The van der Waals surface area contributed by atoms with E-state index in [-0.39, 0.29) is 35.2 Å². The lowest BCUT2D eigenvalue weighted by atomic mass is 10.3. The van der Waals surface area contributed by atoms with Crippen LogP contribution in [0.3, 0.4) is 0 Å². The smallest absolute Gasteiger partial charge is 0.287 e. The van der Waals surface area contributed by atoms with Crippen LogP contribution in [0.15, 0.2) is 45.9 Å². The summed E-state index contributed by atoms with van der Waals surface area (Å²) in [5, 5.41) is 13.3. The highest BCUT2D eigenvalue weighted by molar-refractivity contribution is 7.89. The quantitative estimate of drug-likeness (QED) is 0.400. The highest BCUT2D eigenvalue weighted by Crippen LogP contribution is 2.27. The van der Waals surface area contributed by atoms with Gasteiger partial charge in [0, 0.05) is 25.2 Å². The Labute approximate surface area is 143 Å². The maximum atomic E-state index is 12.3. The Balaban J connectivity index is 2.02. The van der Waals surface area contributed by atoms with Gasteiger partial charge < -0.3 is 14.5 Å². The van der Waals surface area contributed by atoms with E-state index in [0.29, 0.717) is 0 Å². The lowest BCUT2D eigenvalue weighted by molar-refractivity contribution is -0.385. The van der Waals surface area contributed by atoms with Gasteiger partial charge in [0.1, 0.15) is 10.6 Å². The Bertz CT molecular complexity index is 863. The van der Waals surface area contributed by atoms with E-state index in [2.05, 4.69) is 10.0 Å². The van der Waals surface area contributed by atoms with Crippen molar-refractivity contribution in [1.82, 2.24) is 10.0 Å². The lowest BCUT2D eigenvalue weighted by Crippen LogP contribution is -2.34. The van der Waals surface area contributed by atoms with Crippen LogP contribution in [-0.4, -0.2) is 39.4 Å². The number of sulfonamides is 1. The summed E-state index contributed by atoms with van der Waals surface area (Å²) in [7, 11) is -2.81. The van der Waals surface area contributed by atoms with Crippen molar-refractivity contribution < 1.29 is 27.3 Å². The van der Waals surface area contributed by atoms with Crippen molar-refractivity contribution >= 4 is 21.6 Å². The first-order chi connectivity index (χ1) is 11.8. The number of nitrogens with one attached hydrogen (secondary N) is 2. The van der Waals surface area contributed by atoms with Crippen LogP contribution in [-0.2, 0) is 10.0 Å². The number of nitro groups is 1. The molecule has 0 bridgehead atoms. The number of carbonyl (C=O) groups is 1. The highest BCUT2D eigenvalue weighted by Gasteiger charge is 2.22. The summed E-state index contributed by atoms with van der Waals surface area (Å²) >= 11 is 0. The van der Waals surface area contributed by atoms with Crippen molar-refractivity contribution in [2.24, 2.45) is 0 Å². The van der Waals surface area contributed by atoms with Crippen molar-refractivity contribution in [3.63, 3.8) is 0 Å². The van der Waals surface area contributed by atoms with E-state index >= 15 is 0 Å². The largest absolute Gasteiger partial charge is 0.495 e. The summed E-state index contributed by atoms with van der Waals surface area (Å²) < 4.78 is 36.7. The van der Waals surface area contributed by atoms with E-state index in [1.165, 1.54) is 25.5 Å². The monoisotopic (exact) mass is 369 g/mol. The summed E-state index contributed by atoms with van der Waals surface area (Å²) in [4.78, 5) is 21.4. The molecule has 0 aliphatic heterocycles. The zero-order valence-corrected chi connectivity index (χ0v) is 13.9. The minimum atomic E-state index is -4.06. The molecule has 1 amide bonds.